The first-order chi connectivity index (χ1) is 12.5. The van der Waals surface area contributed by atoms with E-state index in [1.807, 2.05) is 17.2 Å². The van der Waals surface area contributed by atoms with Gasteiger partial charge < -0.3 is 14.7 Å². The third-order valence-electron chi connectivity index (χ3n) is 4.84. The lowest BCUT2D eigenvalue weighted by Crippen LogP contribution is -2.43. The van der Waals surface area contributed by atoms with Crippen LogP contribution in [0.3, 0.4) is 0 Å². The highest BCUT2D eigenvalue weighted by molar-refractivity contribution is 7.09. The van der Waals surface area contributed by atoms with Crippen LogP contribution in [0.15, 0.2) is 16.1 Å². The number of hydrogen-bond acceptors (Lipinski definition) is 6. The van der Waals surface area contributed by atoms with Gasteiger partial charge in [-0.25, -0.2) is 4.98 Å². The predicted octanol–water partition coefficient (Wildman–Crippen LogP) is 2.73. The summed E-state index contributed by atoms with van der Waals surface area (Å²) in [6.45, 7) is 6.59. The molecule has 1 atom stereocenters. The molecule has 2 aromatic rings. The molecule has 7 nitrogen and oxygen atoms in total. The van der Waals surface area contributed by atoms with Crippen LogP contribution in [0.1, 0.15) is 59.6 Å². The van der Waals surface area contributed by atoms with Crippen molar-refractivity contribution in [3.05, 3.63) is 33.6 Å². The molecule has 0 spiro atoms. The summed E-state index contributed by atoms with van der Waals surface area (Å²) in [4.78, 5) is 30.7. The zero-order valence-electron chi connectivity index (χ0n) is 15.3. The Bertz CT molecular complexity index is 764. The van der Waals surface area contributed by atoms with Crippen molar-refractivity contribution in [2.45, 2.75) is 46.1 Å². The summed E-state index contributed by atoms with van der Waals surface area (Å²) in [6.07, 6.45) is 4.05. The van der Waals surface area contributed by atoms with Gasteiger partial charge in [0.25, 0.3) is 5.91 Å². The molecule has 0 bridgehead atoms. The fourth-order valence-corrected chi connectivity index (χ4v) is 4.30. The van der Waals surface area contributed by atoms with Crippen LogP contribution in [0.2, 0.25) is 0 Å². The van der Waals surface area contributed by atoms with Crippen LogP contribution >= 0.6 is 11.3 Å². The first-order valence-electron chi connectivity index (χ1n) is 8.92. The van der Waals surface area contributed by atoms with Gasteiger partial charge in [-0.15, -0.1) is 11.3 Å². The number of nitrogens with zero attached hydrogens (tertiary/aromatic N) is 3. The number of carbonyl (C=O) groups excluding carboxylic acids is 2. The molecule has 1 N–H and O–H groups in total. The molecule has 140 valence electrons. The molecule has 26 heavy (non-hydrogen) atoms. The number of amides is 2. The molecule has 0 radical (unpaired) electrons. The number of rotatable bonds is 5. The zero-order chi connectivity index (χ0) is 18.7. The molecule has 1 aliphatic rings. The topological polar surface area (TPSA) is 88.3 Å². The Kier molecular flexibility index (Phi) is 5.70. The van der Waals surface area contributed by atoms with E-state index in [2.05, 4.69) is 15.5 Å². The van der Waals surface area contributed by atoms with Gasteiger partial charge in [0.15, 0.2) is 0 Å². The molecule has 0 aromatic carbocycles. The summed E-state index contributed by atoms with van der Waals surface area (Å²) in [7, 11) is 0. The standard InChI is InChI=1S/C18H24N4O3S/c1-4-14-15(11(2)21-25-14)18(24)22-8-5-13(6-9-22)16(20-12(3)23)17-19-7-10-26-17/h7,10,13,16H,4-6,8-9H2,1-3H3,(H,20,23)/t16-/m0/s1. The van der Waals surface area contributed by atoms with Gasteiger partial charge in [0.05, 0.1) is 11.7 Å². The third kappa shape index (κ3) is 3.80. The highest BCUT2D eigenvalue weighted by Crippen LogP contribution is 2.32. The maximum Gasteiger partial charge on any atom is 0.259 e. The molecule has 2 amide bonds. The van der Waals surface area contributed by atoms with Gasteiger partial charge in [0.2, 0.25) is 5.91 Å². The molecule has 0 unspecified atom stereocenters. The summed E-state index contributed by atoms with van der Waals surface area (Å²) in [5.74, 6) is 0.845. The van der Waals surface area contributed by atoms with Crippen LogP contribution in [-0.4, -0.2) is 39.9 Å². The largest absolute Gasteiger partial charge is 0.360 e. The highest BCUT2D eigenvalue weighted by atomic mass is 32.1. The van der Waals surface area contributed by atoms with Crippen LogP contribution in [0, 0.1) is 12.8 Å². The minimum atomic E-state index is -0.0896. The van der Waals surface area contributed by atoms with Crippen LogP contribution in [-0.2, 0) is 11.2 Å². The number of nitrogens with one attached hydrogen (secondary N) is 1. The second-order valence-electron chi connectivity index (χ2n) is 6.60. The van der Waals surface area contributed by atoms with Crippen LogP contribution in [0.25, 0.3) is 0 Å². The van der Waals surface area contributed by atoms with Crippen molar-refractivity contribution in [3.63, 3.8) is 0 Å². The van der Waals surface area contributed by atoms with E-state index < -0.39 is 0 Å². The van der Waals surface area contributed by atoms with Crippen molar-refractivity contribution in [1.29, 1.82) is 0 Å². The van der Waals surface area contributed by atoms with Crippen LogP contribution in [0.4, 0.5) is 0 Å². The number of likely N-dealkylation sites (tertiary alicyclic amines) is 1. The Morgan fingerprint density at radius 1 is 1.42 bits per heavy atom. The lowest BCUT2D eigenvalue weighted by Gasteiger charge is -2.35. The summed E-state index contributed by atoms with van der Waals surface area (Å²) < 4.78 is 5.26. The summed E-state index contributed by atoms with van der Waals surface area (Å²) >= 11 is 1.55. The molecule has 8 heteroatoms. The van der Waals surface area contributed by atoms with E-state index in [4.69, 9.17) is 4.52 Å². The number of piperidine rings is 1. The second-order valence-corrected chi connectivity index (χ2v) is 7.52. The Balaban J connectivity index is 1.69. The second kappa shape index (κ2) is 7.99. The van der Waals surface area contributed by atoms with Crippen molar-refractivity contribution >= 4 is 23.2 Å². The maximum atomic E-state index is 12.9. The molecular weight excluding hydrogens is 352 g/mol. The molecular formula is C18H24N4O3S. The van der Waals surface area contributed by atoms with Crippen molar-refractivity contribution in [1.82, 2.24) is 20.4 Å². The molecule has 0 saturated carbocycles. The minimum absolute atomic E-state index is 0.00984. The average Bonchev–Trinajstić information content (AvgIpc) is 3.28. The normalized spacial score (nSPS) is 16.5. The molecule has 2 aromatic heterocycles. The summed E-state index contributed by atoms with van der Waals surface area (Å²) in [6, 6.07) is -0.0896. The fraction of sp³-hybridized carbons (Fsp3) is 0.556. The predicted molar refractivity (Wildman–Crippen MR) is 97.9 cm³/mol. The van der Waals surface area contributed by atoms with Crippen LogP contribution < -0.4 is 5.32 Å². The monoisotopic (exact) mass is 376 g/mol. The van der Waals surface area contributed by atoms with Gasteiger partial charge >= 0.3 is 0 Å². The Hall–Kier alpha value is -2.22. The van der Waals surface area contributed by atoms with Gasteiger partial charge in [-0.05, 0) is 25.7 Å². The summed E-state index contributed by atoms with van der Waals surface area (Å²) in [5.41, 5.74) is 1.25. The minimum Gasteiger partial charge on any atom is -0.360 e. The van der Waals surface area contributed by atoms with E-state index >= 15 is 0 Å². The number of aromatic nitrogens is 2. The van der Waals surface area contributed by atoms with Gasteiger partial charge in [-0.1, -0.05) is 12.1 Å². The number of aryl methyl sites for hydroxylation is 2. The molecule has 1 fully saturated rings. The number of hydrogen-bond donors (Lipinski definition) is 1. The lowest BCUT2D eigenvalue weighted by molar-refractivity contribution is -0.120. The number of thiazole rings is 1. The highest BCUT2D eigenvalue weighted by Gasteiger charge is 2.33. The van der Waals surface area contributed by atoms with Crippen molar-refractivity contribution in [2.24, 2.45) is 5.92 Å². The number of carbonyl (C=O) groups is 2. The van der Waals surface area contributed by atoms with E-state index in [1.54, 1.807) is 24.5 Å². The molecule has 0 aliphatic carbocycles. The molecule has 3 heterocycles. The van der Waals surface area contributed by atoms with Gasteiger partial charge in [0.1, 0.15) is 16.3 Å². The molecule has 1 saturated heterocycles. The molecule has 1 aliphatic heterocycles. The van der Waals surface area contributed by atoms with E-state index in [-0.39, 0.29) is 23.8 Å². The lowest BCUT2D eigenvalue weighted by atomic mass is 9.89. The Morgan fingerprint density at radius 3 is 2.73 bits per heavy atom. The van der Waals surface area contributed by atoms with Crippen molar-refractivity contribution in [3.8, 4) is 0 Å². The van der Waals surface area contributed by atoms with Crippen molar-refractivity contribution in [2.75, 3.05) is 13.1 Å². The van der Waals surface area contributed by atoms with Crippen LogP contribution in [0.5, 0.6) is 0 Å². The maximum absolute atomic E-state index is 12.9. The first-order valence-corrected chi connectivity index (χ1v) is 9.80. The van der Waals surface area contributed by atoms with Gasteiger partial charge in [-0.2, -0.15) is 0 Å². The molecule has 3 rings (SSSR count). The Morgan fingerprint density at radius 2 is 2.15 bits per heavy atom. The van der Waals surface area contributed by atoms with Gasteiger partial charge in [0, 0.05) is 38.0 Å². The fourth-order valence-electron chi connectivity index (χ4n) is 3.51. The SMILES string of the molecule is CCc1onc(C)c1C(=O)N1CCC([C@H](NC(C)=O)c2nccs2)CC1. The van der Waals surface area contributed by atoms with Crippen molar-refractivity contribution < 1.29 is 14.1 Å². The first kappa shape index (κ1) is 18.6. The summed E-state index contributed by atoms with van der Waals surface area (Å²) in [5, 5.41) is 9.81. The van der Waals surface area contributed by atoms with E-state index in [0.29, 0.717) is 36.5 Å². The third-order valence-corrected chi connectivity index (χ3v) is 5.70. The van der Waals surface area contributed by atoms with E-state index in [9.17, 15) is 9.59 Å². The average molecular weight is 376 g/mol. The smallest absolute Gasteiger partial charge is 0.259 e. The Labute approximate surface area is 156 Å². The van der Waals surface area contributed by atoms with E-state index in [1.165, 1.54) is 6.92 Å². The van der Waals surface area contributed by atoms with E-state index in [0.717, 1.165) is 17.8 Å². The van der Waals surface area contributed by atoms with Gasteiger partial charge in [-0.3, -0.25) is 9.59 Å². The zero-order valence-corrected chi connectivity index (χ0v) is 16.1. The quantitative estimate of drug-likeness (QED) is 0.867.